The second kappa shape index (κ2) is 4.54. The van der Waals surface area contributed by atoms with Crippen LogP contribution in [0.1, 0.15) is 19.8 Å². The van der Waals surface area contributed by atoms with Crippen molar-refractivity contribution >= 4 is 5.96 Å². The Morgan fingerprint density at radius 3 is 3.06 bits per heavy atom. The molecule has 0 saturated carbocycles. The summed E-state index contributed by atoms with van der Waals surface area (Å²) in [6.45, 7) is 4.00. The first kappa shape index (κ1) is 12.2. The molecule has 0 aromatic rings. The molecule has 2 atom stereocenters. The van der Waals surface area contributed by atoms with Gasteiger partial charge in [0.2, 0.25) is 0 Å². The molecule has 2 aliphatic rings. The van der Waals surface area contributed by atoms with E-state index in [9.17, 15) is 0 Å². The smallest absolute Gasteiger partial charge is 0.196 e. The first-order chi connectivity index (χ1) is 8.06. The van der Waals surface area contributed by atoms with Crippen molar-refractivity contribution in [1.82, 2.24) is 15.5 Å². The Kier molecular flexibility index (Phi) is 3.26. The molecule has 0 aliphatic carbocycles. The summed E-state index contributed by atoms with van der Waals surface area (Å²) >= 11 is 0. The maximum atomic E-state index is 6.15. The van der Waals surface area contributed by atoms with E-state index in [-0.39, 0.29) is 0 Å². The molecular formula is C11H22N6. The normalized spacial score (nSPS) is 33.1. The largest absolute Gasteiger partial charge is 0.370 e. The zero-order valence-corrected chi connectivity index (χ0v) is 10.5. The van der Waals surface area contributed by atoms with Crippen LogP contribution in [0, 0.1) is 0 Å². The van der Waals surface area contributed by atoms with Gasteiger partial charge in [-0.2, -0.15) is 0 Å². The van der Waals surface area contributed by atoms with Gasteiger partial charge in [0.1, 0.15) is 11.5 Å². The fourth-order valence-electron chi connectivity index (χ4n) is 2.25. The van der Waals surface area contributed by atoms with E-state index in [2.05, 4.69) is 20.5 Å². The van der Waals surface area contributed by atoms with Gasteiger partial charge in [-0.1, -0.05) is 6.92 Å². The highest BCUT2D eigenvalue weighted by Crippen LogP contribution is 2.21. The van der Waals surface area contributed by atoms with Crippen molar-refractivity contribution in [1.29, 1.82) is 0 Å². The summed E-state index contributed by atoms with van der Waals surface area (Å²) < 4.78 is 0. The van der Waals surface area contributed by atoms with Crippen LogP contribution < -0.4 is 22.1 Å². The predicted molar refractivity (Wildman–Crippen MR) is 69.1 cm³/mol. The molecule has 0 aromatic carbocycles. The third-order valence-electron chi connectivity index (χ3n) is 3.47. The molecule has 0 aromatic heterocycles. The molecule has 0 radical (unpaired) electrons. The first-order valence-electron chi connectivity index (χ1n) is 6.12. The van der Waals surface area contributed by atoms with E-state index >= 15 is 0 Å². The minimum Gasteiger partial charge on any atom is -0.370 e. The molecule has 1 saturated heterocycles. The van der Waals surface area contributed by atoms with Crippen molar-refractivity contribution in [2.45, 2.75) is 31.5 Å². The first-order valence-corrected chi connectivity index (χ1v) is 6.12. The van der Waals surface area contributed by atoms with Crippen molar-refractivity contribution in [2.24, 2.45) is 16.5 Å². The Morgan fingerprint density at radius 2 is 2.47 bits per heavy atom. The average molecular weight is 238 g/mol. The van der Waals surface area contributed by atoms with Crippen LogP contribution in [-0.2, 0) is 0 Å². The van der Waals surface area contributed by atoms with E-state index in [1.54, 1.807) is 0 Å². The van der Waals surface area contributed by atoms with Gasteiger partial charge in [0.15, 0.2) is 5.96 Å². The van der Waals surface area contributed by atoms with Crippen molar-refractivity contribution in [3.8, 4) is 0 Å². The molecule has 6 heteroatoms. The van der Waals surface area contributed by atoms with Crippen LogP contribution in [0.3, 0.4) is 0 Å². The highest BCUT2D eigenvalue weighted by molar-refractivity contribution is 5.81. The maximum Gasteiger partial charge on any atom is 0.196 e. The molecule has 2 aliphatic heterocycles. The Labute approximate surface area is 102 Å². The second-order valence-corrected chi connectivity index (χ2v) is 4.72. The summed E-state index contributed by atoms with van der Waals surface area (Å²) in [4.78, 5) is 6.50. The van der Waals surface area contributed by atoms with Crippen LogP contribution in [0.4, 0.5) is 0 Å². The van der Waals surface area contributed by atoms with Gasteiger partial charge in [-0.05, 0) is 26.0 Å². The molecule has 2 rings (SSSR count). The number of aliphatic imine (C=N–C) groups is 1. The second-order valence-electron chi connectivity index (χ2n) is 4.72. The Bertz CT molecular complexity index is 350. The van der Waals surface area contributed by atoms with Gasteiger partial charge in [0.05, 0.1) is 0 Å². The number of likely N-dealkylation sites (tertiary alicyclic amines) is 1. The molecule has 6 nitrogen and oxygen atoms in total. The quantitative estimate of drug-likeness (QED) is 0.512. The lowest BCUT2D eigenvalue weighted by atomic mass is 10.1. The summed E-state index contributed by atoms with van der Waals surface area (Å²) in [5.41, 5.74) is 11.3. The van der Waals surface area contributed by atoms with Gasteiger partial charge in [-0.15, -0.1) is 0 Å². The molecule has 96 valence electrons. The zero-order chi connectivity index (χ0) is 12.5. The standard InChI is InChI=1S/C11H22N6/c1-3-11(13)6-9(15-10(12)16-11)17-5-4-8(7-17)14-2/h6,8,14H,3-5,7,13H2,1-2H3,(H3,12,15,16). The van der Waals surface area contributed by atoms with Gasteiger partial charge in [-0.3, -0.25) is 0 Å². The number of hydrogen-bond acceptors (Lipinski definition) is 6. The summed E-state index contributed by atoms with van der Waals surface area (Å²) in [6.07, 6.45) is 3.85. The van der Waals surface area contributed by atoms with Crippen LogP contribution >= 0.6 is 0 Å². The fourth-order valence-corrected chi connectivity index (χ4v) is 2.25. The monoisotopic (exact) mass is 238 g/mol. The number of hydrogen-bond donors (Lipinski definition) is 4. The molecule has 0 amide bonds. The predicted octanol–water partition coefficient (Wildman–Crippen LogP) is -0.896. The van der Waals surface area contributed by atoms with E-state index in [0.717, 1.165) is 31.8 Å². The third kappa shape index (κ3) is 2.53. The fraction of sp³-hybridized carbons (Fsp3) is 0.727. The molecular weight excluding hydrogens is 216 g/mol. The molecule has 0 bridgehead atoms. The number of nitrogens with zero attached hydrogens (tertiary/aromatic N) is 2. The van der Waals surface area contributed by atoms with Gasteiger partial charge in [0.25, 0.3) is 0 Å². The van der Waals surface area contributed by atoms with Crippen LogP contribution in [0.15, 0.2) is 16.9 Å². The number of likely N-dealkylation sites (N-methyl/N-ethyl adjacent to an activating group) is 1. The van der Waals surface area contributed by atoms with Gasteiger partial charge in [0, 0.05) is 19.1 Å². The van der Waals surface area contributed by atoms with Crippen LogP contribution in [0.5, 0.6) is 0 Å². The van der Waals surface area contributed by atoms with Gasteiger partial charge < -0.3 is 27.0 Å². The number of nitrogens with one attached hydrogen (secondary N) is 2. The molecule has 0 spiro atoms. The molecule has 6 N–H and O–H groups in total. The van der Waals surface area contributed by atoms with Crippen molar-refractivity contribution in [3.05, 3.63) is 11.9 Å². The zero-order valence-electron chi connectivity index (χ0n) is 10.5. The third-order valence-corrected chi connectivity index (χ3v) is 3.47. The molecule has 2 unspecified atom stereocenters. The highest BCUT2D eigenvalue weighted by atomic mass is 15.3. The Hall–Kier alpha value is -1.27. The van der Waals surface area contributed by atoms with Crippen LogP contribution in [-0.4, -0.2) is 42.7 Å². The topological polar surface area (TPSA) is 91.7 Å². The number of nitrogens with two attached hydrogens (primary N) is 2. The lowest BCUT2D eigenvalue weighted by Gasteiger charge is -2.31. The van der Waals surface area contributed by atoms with E-state index in [1.807, 2.05) is 20.0 Å². The highest BCUT2D eigenvalue weighted by Gasteiger charge is 2.29. The van der Waals surface area contributed by atoms with Gasteiger partial charge in [-0.25, -0.2) is 4.99 Å². The SMILES string of the molecule is CCC1(N)C=C(N2CCC(NC)C2)NC(N)=N1. The maximum absolute atomic E-state index is 6.15. The van der Waals surface area contributed by atoms with E-state index < -0.39 is 5.66 Å². The van der Waals surface area contributed by atoms with Crippen molar-refractivity contribution < 1.29 is 0 Å². The summed E-state index contributed by atoms with van der Waals surface area (Å²) in [5, 5.41) is 6.39. The van der Waals surface area contributed by atoms with E-state index in [0.29, 0.717) is 12.0 Å². The van der Waals surface area contributed by atoms with Gasteiger partial charge >= 0.3 is 0 Å². The molecule has 17 heavy (non-hydrogen) atoms. The summed E-state index contributed by atoms with van der Waals surface area (Å²) in [6, 6.07) is 0.534. The van der Waals surface area contributed by atoms with Crippen LogP contribution in [0.25, 0.3) is 0 Å². The number of rotatable bonds is 3. The van der Waals surface area contributed by atoms with Crippen molar-refractivity contribution in [2.75, 3.05) is 20.1 Å². The lowest BCUT2D eigenvalue weighted by Crippen LogP contribution is -2.49. The average Bonchev–Trinajstić information content (AvgIpc) is 2.76. The lowest BCUT2D eigenvalue weighted by molar-refractivity contribution is 0.376. The van der Waals surface area contributed by atoms with E-state index in [4.69, 9.17) is 11.5 Å². The van der Waals surface area contributed by atoms with Crippen molar-refractivity contribution in [3.63, 3.8) is 0 Å². The molecule has 1 fully saturated rings. The minimum atomic E-state index is -0.664. The van der Waals surface area contributed by atoms with E-state index in [1.165, 1.54) is 0 Å². The Morgan fingerprint density at radius 1 is 1.71 bits per heavy atom. The summed E-state index contributed by atoms with van der Waals surface area (Å²) in [5.74, 6) is 1.39. The summed E-state index contributed by atoms with van der Waals surface area (Å²) in [7, 11) is 1.99. The minimum absolute atomic E-state index is 0.403. The Balaban J connectivity index is 2.12. The molecule has 2 heterocycles. The van der Waals surface area contributed by atoms with Crippen LogP contribution in [0.2, 0.25) is 0 Å². The number of guanidine groups is 1.